The van der Waals surface area contributed by atoms with Crippen molar-refractivity contribution in [3.63, 3.8) is 0 Å². The van der Waals surface area contributed by atoms with E-state index in [1.54, 1.807) is 19.1 Å². The maximum Gasteiger partial charge on any atom is 0.331 e. The van der Waals surface area contributed by atoms with Gasteiger partial charge in [0.05, 0.1) is 18.0 Å². The molecule has 0 atom stereocenters. The second-order valence-electron chi connectivity index (χ2n) is 6.08. The summed E-state index contributed by atoms with van der Waals surface area (Å²) in [5, 5.41) is 0.927. The maximum atomic E-state index is 12.5. The van der Waals surface area contributed by atoms with Crippen LogP contribution in [0, 0.1) is 0 Å². The molecule has 0 bridgehead atoms. The predicted molar refractivity (Wildman–Crippen MR) is 106 cm³/mol. The lowest BCUT2D eigenvalue weighted by Crippen LogP contribution is -2.42. The van der Waals surface area contributed by atoms with Crippen LogP contribution in [0.1, 0.15) is 19.6 Å². The molecule has 3 rings (SSSR count). The molecule has 1 aromatic heterocycles. The van der Waals surface area contributed by atoms with Crippen molar-refractivity contribution < 1.29 is 22.4 Å². The van der Waals surface area contributed by atoms with E-state index in [0.717, 1.165) is 11.0 Å². The third-order valence-corrected chi connectivity index (χ3v) is 5.50. The van der Waals surface area contributed by atoms with E-state index < -0.39 is 16.1 Å². The minimum Gasteiger partial charge on any atom is -0.494 e. The van der Waals surface area contributed by atoms with Crippen LogP contribution in [0.3, 0.4) is 0 Å². The van der Waals surface area contributed by atoms with Crippen LogP contribution in [0.4, 0.5) is 4.79 Å². The summed E-state index contributed by atoms with van der Waals surface area (Å²) < 4.78 is 38.1. The van der Waals surface area contributed by atoms with E-state index in [-0.39, 0.29) is 11.4 Å². The molecule has 2 aromatic carbocycles. The number of nitrogens with one attached hydrogen (secondary N) is 1. The minimum atomic E-state index is -3.99. The third kappa shape index (κ3) is 4.45. The van der Waals surface area contributed by atoms with Crippen LogP contribution in [0.5, 0.6) is 5.75 Å². The molecule has 0 aliphatic heterocycles. The number of hydrogen-bond donors (Lipinski definition) is 1. The Morgan fingerprint density at radius 1 is 1.11 bits per heavy atom. The number of hydrogen-bond acceptors (Lipinski definition) is 5. The second-order valence-corrected chi connectivity index (χ2v) is 7.76. The Hall–Kier alpha value is -3.00. The van der Waals surface area contributed by atoms with Crippen molar-refractivity contribution in [3.05, 3.63) is 60.4 Å². The molecule has 7 nitrogen and oxygen atoms in total. The van der Waals surface area contributed by atoms with Gasteiger partial charge in [0.15, 0.2) is 0 Å². The van der Waals surface area contributed by atoms with Crippen molar-refractivity contribution >= 4 is 27.0 Å². The van der Waals surface area contributed by atoms with Gasteiger partial charge in [-0.2, -0.15) is 0 Å². The molecule has 28 heavy (non-hydrogen) atoms. The van der Waals surface area contributed by atoms with Crippen LogP contribution in [0.2, 0.25) is 0 Å². The average Bonchev–Trinajstić information content (AvgIpc) is 3.09. The number of carbonyl (C=O) groups excluding carboxylic acids is 1. The molecule has 1 N–H and O–H groups in total. The first kappa shape index (κ1) is 19.8. The van der Waals surface area contributed by atoms with Crippen molar-refractivity contribution in [1.82, 2.24) is 9.62 Å². The summed E-state index contributed by atoms with van der Waals surface area (Å²) in [7, 11) is -3.99. The van der Waals surface area contributed by atoms with Gasteiger partial charge in [-0.15, -0.1) is 0 Å². The fraction of sp³-hybridized carbons (Fsp3) is 0.250. The number of fused-ring (bicyclic) bond motifs is 1. The Labute approximate surface area is 163 Å². The molecule has 0 aliphatic rings. The van der Waals surface area contributed by atoms with E-state index in [1.807, 2.05) is 37.3 Å². The molecule has 2 amide bonds. The lowest BCUT2D eigenvalue weighted by Gasteiger charge is -2.20. The van der Waals surface area contributed by atoms with Crippen molar-refractivity contribution in [1.29, 1.82) is 0 Å². The molecule has 8 heteroatoms. The zero-order valence-electron chi connectivity index (χ0n) is 15.7. The highest BCUT2D eigenvalue weighted by molar-refractivity contribution is 7.90. The predicted octanol–water partition coefficient (Wildman–Crippen LogP) is 3.75. The van der Waals surface area contributed by atoms with Crippen LogP contribution in [0.25, 0.3) is 11.0 Å². The van der Waals surface area contributed by atoms with Gasteiger partial charge in [-0.25, -0.2) is 17.9 Å². The Bertz CT molecular complexity index is 1020. The summed E-state index contributed by atoms with van der Waals surface area (Å²) in [6.07, 6.45) is 0. The van der Waals surface area contributed by atoms with E-state index in [1.165, 1.54) is 17.0 Å². The largest absolute Gasteiger partial charge is 0.494 e. The zero-order valence-corrected chi connectivity index (χ0v) is 16.5. The Morgan fingerprint density at radius 3 is 2.46 bits per heavy atom. The molecule has 0 saturated carbocycles. The van der Waals surface area contributed by atoms with E-state index in [2.05, 4.69) is 4.72 Å². The van der Waals surface area contributed by atoms with Gasteiger partial charge >= 0.3 is 6.03 Å². The number of ether oxygens (including phenoxy) is 1. The summed E-state index contributed by atoms with van der Waals surface area (Å²) in [5.74, 6) is 1.14. The number of furan rings is 1. The van der Waals surface area contributed by atoms with Gasteiger partial charge in [0.1, 0.15) is 17.1 Å². The number of urea groups is 1. The molecule has 0 radical (unpaired) electrons. The van der Waals surface area contributed by atoms with Gasteiger partial charge in [-0.3, -0.25) is 0 Å². The second kappa shape index (κ2) is 8.35. The maximum absolute atomic E-state index is 12.5. The molecule has 1 heterocycles. The molecule has 3 aromatic rings. The first-order chi connectivity index (χ1) is 13.4. The number of sulfonamides is 1. The van der Waals surface area contributed by atoms with E-state index in [0.29, 0.717) is 24.7 Å². The normalized spacial score (nSPS) is 11.4. The zero-order chi connectivity index (χ0) is 20.1. The Morgan fingerprint density at radius 2 is 1.82 bits per heavy atom. The monoisotopic (exact) mass is 402 g/mol. The molecular formula is C20H22N2O5S. The van der Waals surface area contributed by atoms with Gasteiger partial charge in [0.2, 0.25) is 0 Å². The molecule has 0 saturated heterocycles. The first-order valence-electron chi connectivity index (χ1n) is 8.95. The van der Waals surface area contributed by atoms with Gasteiger partial charge < -0.3 is 14.1 Å². The molecule has 0 unspecified atom stereocenters. The molecule has 0 aliphatic carbocycles. The van der Waals surface area contributed by atoms with Crippen molar-refractivity contribution in [3.8, 4) is 5.75 Å². The standard InChI is InChI=1S/C20H22N2O5S/c1-3-22(14-17-13-15-7-5-6-8-19(15)27-17)20(23)21-28(24,25)18-11-9-16(10-12-18)26-4-2/h5-13H,3-4,14H2,1-2H3,(H,21,23). The van der Waals surface area contributed by atoms with Crippen molar-refractivity contribution in [2.45, 2.75) is 25.3 Å². The Balaban J connectivity index is 1.71. The number of carbonyl (C=O) groups is 1. The number of nitrogens with zero attached hydrogens (tertiary/aromatic N) is 1. The SMILES string of the molecule is CCOc1ccc(S(=O)(=O)NC(=O)N(CC)Cc2cc3ccccc3o2)cc1. The van der Waals surface area contributed by atoms with Crippen LogP contribution in [0.15, 0.2) is 63.9 Å². The Kier molecular flexibility index (Phi) is 5.89. The first-order valence-corrected chi connectivity index (χ1v) is 10.4. The van der Waals surface area contributed by atoms with E-state index in [4.69, 9.17) is 9.15 Å². The van der Waals surface area contributed by atoms with Crippen LogP contribution in [-0.4, -0.2) is 32.5 Å². The fourth-order valence-electron chi connectivity index (χ4n) is 2.75. The fourth-order valence-corrected chi connectivity index (χ4v) is 3.72. The van der Waals surface area contributed by atoms with E-state index >= 15 is 0 Å². The third-order valence-electron chi connectivity index (χ3n) is 4.16. The van der Waals surface area contributed by atoms with Crippen LogP contribution < -0.4 is 9.46 Å². The highest BCUT2D eigenvalue weighted by atomic mass is 32.2. The van der Waals surface area contributed by atoms with Crippen molar-refractivity contribution in [2.75, 3.05) is 13.2 Å². The number of para-hydroxylation sites is 1. The van der Waals surface area contributed by atoms with Crippen LogP contribution >= 0.6 is 0 Å². The van der Waals surface area contributed by atoms with Gasteiger partial charge in [-0.05, 0) is 50.2 Å². The summed E-state index contributed by atoms with van der Waals surface area (Å²) >= 11 is 0. The average molecular weight is 402 g/mol. The van der Waals surface area contributed by atoms with Gasteiger partial charge in [-0.1, -0.05) is 18.2 Å². The summed E-state index contributed by atoms with van der Waals surface area (Å²) in [6, 6.07) is 14.5. The minimum absolute atomic E-state index is 0.0101. The molecule has 148 valence electrons. The lowest BCUT2D eigenvalue weighted by molar-refractivity contribution is 0.200. The van der Waals surface area contributed by atoms with Crippen molar-refractivity contribution in [2.24, 2.45) is 0 Å². The number of rotatable bonds is 7. The number of amides is 2. The van der Waals surface area contributed by atoms with Crippen LogP contribution in [-0.2, 0) is 16.6 Å². The smallest absolute Gasteiger partial charge is 0.331 e. The highest BCUT2D eigenvalue weighted by Crippen LogP contribution is 2.20. The van der Waals surface area contributed by atoms with Gasteiger partial charge in [0.25, 0.3) is 10.0 Å². The summed E-state index contributed by atoms with van der Waals surface area (Å²) in [4.78, 5) is 13.9. The summed E-state index contributed by atoms with van der Waals surface area (Å²) in [5.41, 5.74) is 0.718. The molecule has 0 spiro atoms. The molecular weight excluding hydrogens is 380 g/mol. The summed E-state index contributed by atoms with van der Waals surface area (Å²) in [6.45, 7) is 4.57. The number of benzene rings is 2. The topological polar surface area (TPSA) is 88.8 Å². The quantitative estimate of drug-likeness (QED) is 0.650. The highest BCUT2D eigenvalue weighted by Gasteiger charge is 2.22. The lowest BCUT2D eigenvalue weighted by atomic mass is 10.2. The van der Waals surface area contributed by atoms with E-state index in [9.17, 15) is 13.2 Å². The van der Waals surface area contributed by atoms with Gasteiger partial charge in [0, 0.05) is 11.9 Å². The molecule has 0 fully saturated rings.